The number of rotatable bonds is 6. The van der Waals surface area contributed by atoms with E-state index in [9.17, 15) is 0 Å². The van der Waals surface area contributed by atoms with Crippen LogP contribution in [0.5, 0.6) is 0 Å². The molecule has 4 heterocycles. The monoisotopic (exact) mass is 954 g/mol. The van der Waals surface area contributed by atoms with E-state index in [1.165, 1.54) is 66.4 Å². The number of anilines is 9. The second-order valence-corrected chi connectivity index (χ2v) is 22.2. The molecular formula is C68H55BN4O. The molecule has 14 rings (SSSR count). The minimum absolute atomic E-state index is 0.00181. The van der Waals surface area contributed by atoms with E-state index in [4.69, 9.17) is 4.42 Å². The highest BCUT2D eigenvalue weighted by Gasteiger charge is 2.44. The number of fused-ring (bicyclic) bond motifs is 11. The Morgan fingerprint density at radius 3 is 1.66 bits per heavy atom. The van der Waals surface area contributed by atoms with Crippen LogP contribution in [0.4, 0.5) is 51.2 Å². The van der Waals surface area contributed by atoms with Crippen LogP contribution in [0.25, 0.3) is 49.4 Å². The molecule has 2 aliphatic heterocycles. The quantitative estimate of drug-likeness (QED) is 0.155. The fourth-order valence-electron chi connectivity index (χ4n) is 12.1. The zero-order valence-electron chi connectivity index (χ0n) is 42.6. The number of nitrogens with zero attached hydrogens (tertiary/aromatic N) is 4. The molecule has 0 radical (unpaired) electrons. The van der Waals surface area contributed by atoms with E-state index >= 15 is 0 Å². The topological polar surface area (TPSA) is 27.8 Å². The lowest BCUT2D eigenvalue weighted by molar-refractivity contribution is 0.590. The summed E-state index contributed by atoms with van der Waals surface area (Å²) in [5, 5.41) is 4.67. The summed E-state index contributed by atoms with van der Waals surface area (Å²) in [6.07, 6.45) is 0. The van der Waals surface area contributed by atoms with E-state index in [0.29, 0.717) is 0 Å². The van der Waals surface area contributed by atoms with E-state index in [1.54, 1.807) is 0 Å². The Balaban J connectivity index is 1.06. The van der Waals surface area contributed by atoms with Crippen LogP contribution in [-0.4, -0.2) is 11.3 Å². The SMILES string of the molecule is CC(C)(C)c1ccc(N2c3cc(N(c4ccccc4)c4ccc5oc6ccccc6c5c4)ccc3B3c4ccc5c(c4N(c4ccc(C(C)(C)C)cc4)c4cccc2c43)c2ccccc2n5-c2ccccc2)cc1. The van der Waals surface area contributed by atoms with Crippen LogP contribution in [0.2, 0.25) is 0 Å². The largest absolute Gasteiger partial charge is 0.456 e. The smallest absolute Gasteiger partial charge is 0.252 e. The summed E-state index contributed by atoms with van der Waals surface area (Å²) in [7, 11) is 0. The van der Waals surface area contributed by atoms with Gasteiger partial charge in [0.2, 0.25) is 0 Å². The van der Waals surface area contributed by atoms with Gasteiger partial charge in [0.1, 0.15) is 11.2 Å². The molecule has 2 aliphatic rings. The van der Waals surface area contributed by atoms with Crippen LogP contribution in [-0.2, 0) is 10.8 Å². The van der Waals surface area contributed by atoms with E-state index in [-0.39, 0.29) is 17.5 Å². The summed E-state index contributed by atoms with van der Waals surface area (Å²) in [4.78, 5) is 7.50. The fraction of sp³-hybridized carbons (Fsp3) is 0.118. The minimum Gasteiger partial charge on any atom is -0.456 e. The molecule has 0 atom stereocenters. The summed E-state index contributed by atoms with van der Waals surface area (Å²) in [6, 6.07) is 83.1. The van der Waals surface area contributed by atoms with Gasteiger partial charge in [-0.2, -0.15) is 0 Å². The molecule has 74 heavy (non-hydrogen) atoms. The lowest BCUT2D eigenvalue weighted by atomic mass is 9.33. The predicted molar refractivity (Wildman–Crippen MR) is 314 cm³/mol. The average Bonchev–Trinajstić information content (AvgIpc) is 4.10. The van der Waals surface area contributed by atoms with Crippen molar-refractivity contribution >= 4 is 118 Å². The molecule has 0 spiro atoms. The van der Waals surface area contributed by atoms with Gasteiger partial charge in [-0.3, -0.25) is 0 Å². The normalized spacial score (nSPS) is 13.2. The number of furan rings is 1. The van der Waals surface area contributed by atoms with Gasteiger partial charge in [-0.25, -0.2) is 0 Å². The highest BCUT2D eigenvalue weighted by molar-refractivity contribution is 7.00. The lowest BCUT2D eigenvalue weighted by Crippen LogP contribution is -2.61. The van der Waals surface area contributed by atoms with Crippen LogP contribution >= 0.6 is 0 Å². The molecule has 12 aromatic rings. The van der Waals surface area contributed by atoms with E-state index < -0.39 is 0 Å². The Hall–Kier alpha value is -8.74. The van der Waals surface area contributed by atoms with Crippen molar-refractivity contribution in [3.8, 4) is 5.69 Å². The van der Waals surface area contributed by atoms with Crippen LogP contribution in [0.1, 0.15) is 52.7 Å². The van der Waals surface area contributed by atoms with Gasteiger partial charge in [0.25, 0.3) is 6.71 Å². The zero-order valence-corrected chi connectivity index (χ0v) is 42.6. The predicted octanol–water partition coefficient (Wildman–Crippen LogP) is 16.8. The maximum absolute atomic E-state index is 6.37. The van der Waals surface area contributed by atoms with Crippen LogP contribution < -0.4 is 31.1 Å². The van der Waals surface area contributed by atoms with Crippen molar-refractivity contribution < 1.29 is 4.42 Å². The Bertz CT molecular complexity index is 4160. The number of aromatic nitrogens is 1. The van der Waals surface area contributed by atoms with Gasteiger partial charge in [0.05, 0.1) is 16.7 Å². The Morgan fingerprint density at radius 2 is 0.959 bits per heavy atom. The highest BCUT2D eigenvalue weighted by Crippen LogP contribution is 2.50. The number of benzene rings is 10. The van der Waals surface area contributed by atoms with Crippen molar-refractivity contribution in [2.75, 3.05) is 14.7 Å². The standard InChI is InChI=1S/C68H55BN4O/c1-67(2,3)44-28-32-48(33-29-44)72-59-25-17-26-60-65(59)69(55-38-36-51(43-61(55)72)70(46-18-9-7-10-19-46)50-37-41-63-54(42-50)52-22-14-16-27-62(52)74-63)56-39-40-58-64(66(56)73(60)49-34-30-45(31-35-49)68(4,5)6)53-23-13-15-24-57(53)71(58)47-20-11-8-12-21-47/h7-43H,1-6H3. The molecule has 6 heteroatoms. The first-order valence-corrected chi connectivity index (χ1v) is 26.0. The van der Waals surface area contributed by atoms with Crippen molar-refractivity contribution in [3.63, 3.8) is 0 Å². The van der Waals surface area contributed by atoms with Gasteiger partial charge in [0, 0.05) is 72.7 Å². The van der Waals surface area contributed by atoms with E-state index in [2.05, 4.69) is 279 Å². The average molecular weight is 955 g/mol. The number of hydrogen-bond acceptors (Lipinski definition) is 4. The first kappa shape index (κ1) is 44.0. The molecule has 0 bridgehead atoms. The van der Waals surface area contributed by atoms with Crippen molar-refractivity contribution in [2.45, 2.75) is 52.4 Å². The Morgan fingerprint density at radius 1 is 0.392 bits per heavy atom. The maximum atomic E-state index is 6.37. The molecule has 0 saturated carbocycles. The van der Waals surface area contributed by atoms with Crippen LogP contribution in [0, 0.1) is 0 Å². The molecule has 0 aliphatic carbocycles. The van der Waals surface area contributed by atoms with Crippen molar-refractivity contribution in [3.05, 3.63) is 236 Å². The Kier molecular flexibility index (Phi) is 9.75. The molecule has 0 N–H and O–H groups in total. The number of para-hydroxylation sites is 4. The second kappa shape index (κ2) is 16.4. The van der Waals surface area contributed by atoms with Gasteiger partial charge >= 0.3 is 0 Å². The molecule has 356 valence electrons. The molecule has 5 nitrogen and oxygen atoms in total. The van der Waals surface area contributed by atoms with E-state index in [1.807, 2.05) is 6.07 Å². The van der Waals surface area contributed by atoms with Gasteiger partial charge in [-0.05, 0) is 148 Å². The third kappa shape index (κ3) is 6.78. The summed E-state index contributed by atoms with van der Waals surface area (Å²) in [5.41, 5.74) is 21.9. The third-order valence-electron chi connectivity index (χ3n) is 15.7. The molecule has 0 fully saturated rings. The van der Waals surface area contributed by atoms with Crippen molar-refractivity contribution in [2.24, 2.45) is 0 Å². The van der Waals surface area contributed by atoms with Crippen molar-refractivity contribution in [1.29, 1.82) is 0 Å². The number of hydrogen-bond donors (Lipinski definition) is 0. The zero-order chi connectivity index (χ0) is 50.0. The molecule has 0 amide bonds. The third-order valence-corrected chi connectivity index (χ3v) is 15.7. The highest BCUT2D eigenvalue weighted by atomic mass is 16.3. The Labute approximate surface area is 433 Å². The minimum atomic E-state index is -0.0856. The first-order valence-electron chi connectivity index (χ1n) is 26.0. The van der Waals surface area contributed by atoms with Gasteiger partial charge in [0.15, 0.2) is 0 Å². The lowest BCUT2D eigenvalue weighted by Gasteiger charge is -2.44. The first-order chi connectivity index (χ1) is 36.0. The van der Waals surface area contributed by atoms with Crippen LogP contribution in [0.15, 0.2) is 229 Å². The molecule has 2 aromatic heterocycles. The van der Waals surface area contributed by atoms with Gasteiger partial charge < -0.3 is 23.7 Å². The molecule has 0 saturated heterocycles. The van der Waals surface area contributed by atoms with Gasteiger partial charge in [-0.15, -0.1) is 0 Å². The van der Waals surface area contributed by atoms with Crippen LogP contribution in [0.3, 0.4) is 0 Å². The van der Waals surface area contributed by atoms with E-state index in [0.717, 1.165) is 61.8 Å². The fourth-order valence-corrected chi connectivity index (χ4v) is 12.1. The molecular weight excluding hydrogens is 900 g/mol. The summed E-state index contributed by atoms with van der Waals surface area (Å²) < 4.78 is 8.81. The summed E-state index contributed by atoms with van der Waals surface area (Å²) in [6.45, 7) is 13.7. The second-order valence-electron chi connectivity index (χ2n) is 22.2. The maximum Gasteiger partial charge on any atom is 0.252 e. The van der Waals surface area contributed by atoms with Crippen molar-refractivity contribution in [1.82, 2.24) is 4.57 Å². The summed E-state index contributed by atoms with van der Waals surface area (Å²) in [5.74, 6) is 0. The molecule has 0 unspecified atom stereocenters. The van der Waals surface area contributed by atoms with Gasteiger partial charge in [-0.1, -0.05) is 157 Å². The summed E-state index contributed by atoms with van der Waals surface area (Å²) >= 11 is 0. The molecule has 10 aromatic carbocycles.